The van der Waals surface area contributed by atoms with Crippen molar-refractivity contribution < 1.29 is 31.1 Å². The summed E-state index contributed by atoms with van der Waals surface area (Å²) in [6, 6.07) is 7.85. The molecule has 1 heterocycles. The predicted octanol–water partition coefficient (Wildman–Crippen LogP) is 2.19. The molecule has 0 aliphatic carbocycles. The second-order valence-corrected chi connectivity index (χ2v) is 7.15. The summed E-state index contributed by atoms with van der Waals surface area (Å²) in [6.07, 6.45) is -4.28. The summed E-state index contributed by atoms with van der Waals surface area (Å²) in [4.78, 5) is 11.7. The Bertz CT molecular complexity index is 638. The summed E-state index contributed by atoms with van der Waals surface area (Å²) in [5, 5.41) is 0. The van der Waals surface area contributed by atoms with E-state index in [1.54, 1.807) is 18.2 Å². The molecule has 23 heavy (non-hydrogen) atoms. The number of hydrogen-bond acceptors (Lipinski definition) is 4. The summed E-state index contributed by atoms with van der Waals surface area (Å²) >= 11 is 0. The van der Waals surface area contributed by atoms with Crippen molar-refractivity contribution in [2.75, 3.05) is 19.7 Å². The van der Waals surface area contributed by atoms with Crippen molar-refractivity contribution in [2.24, 2.45) is 5.92 Å². The van der Waals surface area contributed by atoms with Crippen LogP contribution < -0.4 is 0 Å². The average molecular weight is 351 g/mol. The molecule has 0 N–H and O–H groups in total. The van der Waals surface area contributed by atoms with Crippen LogP contribution in [0.1, 0.15) is 12.8 Å². The van der Waals surface area contributed by atoms with Crippen LogP contribution >= 0.6 is 0 Å². The highest BCUT2D eigenvalue weighted by Gasteiger charge is 2.35. The predicted molar refractivity (Wildman–Crippen MR) is 74.9 cm³/mol. The maximum Gasteiger partial charge on any atom is 0.422 e. The van der Waals surface area contributed by atoms with Crippen molar-refractivity contribution in [1.29, 1.82) is 0 Å². The Balaban J connectivity index is 1.92. The lowest BCUT2D eigenvalue weighted by Gasteiger charge is -2.30. The van der Waals surface area contributed by atoms with Gasteiger partial charge in [0.05, 0.1) is 10.8 Å². The summed E-state index contributed by atoms with van der Waals surface area (Å²) in [6.45, 7) is -1.47. The van der Waals surface area contributed by atoms with Gasteiger partial charge in [0.25, 0.3) is 0 Å². The third-order valence-corrected chi connectivity index (χ3v) is 5.46. The first-order chi connectivity index (χ1) is 10.7. The van der Waals surface area contributed by atoms with Crippen molar-refractivity contribution >= 4 is 16.0 Å². The molecule has 1 fully saturated rings. The van der Waals surface area contributed by atoms with Crippen molar-refractivity contribution in [1.82, 2.24) is 4.31 Å². The van der Waals surface area contributed by atoms with Gasteiger partial charge in [0.15, 0.2) is 6.61 Å². The van der Waals surface area contributed by atoms with Gasteiger partial charge in [-0.2, -0.15) is 17.5 Å². The minimum Gasteiger partial charge on any atom is -0.456 e. The minimum atomic E-state index is -4.56. The van der Waals surface area contributed by atoms with Crippen molar-refractivity contribution in [3.8, 4) is 0 Å². The van der Waals surface area contributed by atoms with Gasteiger partial charge in [-0.3, -0.25) is 4.79 Å². The molecule has 1 saturated heterocycles. The quantitative estimate of drug-likeness (QED) is 0.780. The van der Waals surface area contributed by atoms with Crippen LogP contribution in [0.4, 0.5) is 13.2 Å². The van der Waals surface area contributed by atoms with Gasteiger partial charge < -0.3 is 4.74 Å². The van der Waals surface area contributed by atoms with Crippen LogP contribution in [-0.4, -0.2) is 44.6 Å². The van der Waals surface area contributed by atoms with Gasteiger partial charge in [0.2, 0.25) is 10.0 Å². The lowest BCUT2D eigenvalue weighted by Crippen LogP contribution is -2.41. The van der Waals surface area contributed by atoms with E-state index in [1.807, 2.05) is 0 Å². The summed E-state index contributed by atoms with van der Waals surface area (Å²) in [7, 11) is -3.65. The maximum atomic E-state index is 12.4. The molecule has 0 atom stereocenters. The number of piperidine rings is 1. The molecule has 1 aromatic rings. The monoisotopic (exact) mass is 351 g/mol. The topological polar surface area (TPSA) is 63.7 Å². The van der Waals surface area contributed by atoms with Crippen LogP contribution in [0.2, 0.25) is 0 Å². The number of carbonyl (C=O) groups excluding carboxylic acids is 1. The molecule has 0 spiro atoms. The fourth-order valence-electron chi connectivity index (χ4n) is 2.34. The molecule has 0 radical (unpaired) electrons. The van der Waals surface area contributed by atoms with Gasteiger partial charge in [-0.05, 0) is 25.0 Å². The second-order valence-electron chi connectivity index (χ2n) is 5.21. The second kappa shape index (κ2) is 6.88. The van der Waals surface area contributed by atoms with E-state index in [4.69, 9.17) is 0 Å². The Morgan fingerprint density at radius 2 is 1.74 bits per heavy atom. The van der Waals surface area contributed by atoms with Crippen LogP contribution in [0.15, 0.2) is 35.2 Å². The average Bonchev–Trinajstić information content (AvgIpc) is 2.53. The van der Waals surface area contributed by atoms with Crippen LogP contribution in [0.5, 0.6) is 0 Å². The third kappa shape index (κ3) is 4.68. The first-order valence-electron chi connectivity index (χ1n) is 6.99. The van der Waals surface area contributed by atoms with Gasteiger partial charge in [-0.1, -0.05) is 18.2 Å². The number of benzene rings is 1. The Morgan fingerprint density at radius 1 is 1.17 bits per heavy atom. The number of ether oxygens (including phenoxy) is 1. The summed E-state index contributed by atoms with van der Waals surface area (Å²) < 4.78 is 66.3. The van der Waals surface area contributed by atoms with Gasteiger partial charge in [0.1, 0.15) is 0 Å². The summed E-state index contributed by atoms with van der Waals surface area (Å²) in [5.74, 6) is -1.64. The molecule has 0 aromatic heterocycles. The number of carbonyl (C=O) groups is 1. The number of hydrogen-bond donors (Lipinski definition) is 0. The fourth-order valence-corrected chi connectivity index (χ4v) is 3.83. The van der Waals surface area contributed by atoms with E-state index in [0.29, 0.717) is 0 Å². The molecule has 0 bridgehead atoms. The van der Waals surface area contributed by atoms with Crippen LogP contribution in [0.3, 0.4) is 0 Å². The molecule has 1 aromatic carbocycles. The normalized spacial score (nSPS) is 17.9. The minimum absolute atomic E-state index is 0.0724. The molecule has 0 unspecified atom stereocenters. The third-order valence-electron chi connectivity index (χ3n) is 3.55. The Labute approximate surface area is 132 Å². The van der Waals surface area contributed by atoms with Crippen LogP contribution in [0.25, 0.3) is 0 Å². The number of sulfonamides is 1. The molecule has 0 amide bonds. The lowest BCUT2D eigenvalue weighted by atomic mass is 9.98. The largest absolute Gasteiger partial charge is 0.456 e. The van der Waals surface area contributed by atoms with Crippen molar-refractivity contribution in [2.45, 2.75) is 23.9 Å². The number of rotatable bonds is 4. The highest BCUT2D eigenvalue weighted by Crippen LogP contribution is 2.25. The molecule has 0 saturated carbocycles. The van der Waals surface area contributed by atoms with Crippen LogP contribution in [-0.2, 0) is 19.6 Å². The van der Waals surface area contributed by atoms with E-state index in [0.717, 1.165) is 0 Å². The zero-order chi connectivity index (χ0) is 17.1. The first-order valence-corrected chi connectivity index (χ1v) is 8.43. The Kier molecular flexibility index (Phi) is 5.30. The SMILES string of the molecule is O=C(OCC(F)(F)F)C1CCN(S(=O)(=O)c2ccccc2)CC1. The molecular formula is C14H16F3NO4S. The van der Waals surface area contributed by atoms with E-state index in [2.05, 4.69) is 4.74 Å². The smallest absolute Gasteiger partial charge is 0.422 e. The van der Waals surface area contributed by atoms with Crippen LogP contribution in [0, 0.1) is 5.92 Å². The molecule has 5 nitrogen and oxygen atoms in total. The Morgan fingerprint density at radius 3 is 2.26 bits per heavy atom. The molecular weight excluding hydrogens is 335 g/mol. The number of esters is 1. The van der Waals surface area contributed by atoms with Gasteiger partial charge in [-0.15, -0.1) is 0 Å². The van der Waals surface area contributed by atoms with Gasteiger partial charge in [0, 0.05) is 13.1 Å². The molecule has 2 rings (SSSR count). The highest BCUT2D eigenvalue weighted by molar-refractivity contribution is 7.89. The zero-order valence-electron chi connectivity index (χ0n) is 12.1. The lowest BCUT2D eigenvalue weighted by molar-refractivity contribution is -0.189. The maximum absolute atomic E-state index is 12.4. The standard InChI is InChI=1S/C14H16F3NO4S/c15-14(16,17)10-22-13(19)11-6-8-18(9-7-11)23(20,21)12-4-2-1-3-5-12/h1-5,11H,6-10H2. The number of halogens is 3. The molecule has 1 aliphatic heterocycles. The summed E-state index contributed by atoms with van der Waals surface area (Å²) in [5.41, 5.74) is 0. The van der Waals surface area contributed by atoms with E-state index >= 15 is 0 Å². The van der Waals surface area contributed by atoms with Gasteiger partial charge >= 0.3 is 12.1 Å². The number of alkyl halides is 3. The Hall–Kier alpha value is -1.61. The van der Waals surface area contributed by atoms with Crippen molar-refractivity contribution in [3.05, 3.63) is 30.3 Å². The van der Waals surface area contributed by atoms with E-state index in [-0.39, 0.29) is 30.8 Å². The highest BCUT2D eigenvalue weighted by atomic mass is 32.2. The molecule has 9 heteroatoms. The van der Waals surface area contributed by atoms with Crippen molar-refractivity contribution in [3.63, 3.8) is 0 Å². The van der Waals surface area contributed by atoms with E-state index < -0.39 is 34.7 Å². The number of nitrogens with zero attached hydrogens (tertiary/aromatic N) is 1. The zero-order valence-corrected chi connectivity index (χ0v) is 12.9. The van der Waals surface area contributed by atoms with E-state index in [1.165, 1.54) is 16.4 Å². The molecule has 1 aliphatic rings. The fraction of sp³-hybridized carbons (Fsp3) is 0.500. The van der Waals surface area contributed by atoms with Gasteiger partial charge in [-0.25, -0.2) is 8.42 Å². The first kappa shape index (κ1) is 17.7. The van der Waals surface area contributed by atoms with E-state index in [9.17, 15) is 26.4 Å². The molecule has 128 valence electrons.